The predicted octanol–water partition coefficient (Wildman–Crippen LogP) is 7.41. The van der Waals surface area contributed by atoms with Gasteiger partial charge in [-0.25, -0.2) is 9.79 Å². The van der Waals surface area contributed by atoms with E-state index in [1.807, 2.05) is 42.5 Å². The van der Waals surface area contributed by atoms with Crippen LogP contribution < -0.4 is 19.6 Å². The molecule has 0 radical (unpaired) electrons. The van der Waals surface area contributed by atoms with Crippen LogP contribution in [0.15, 0.2) is 98.3 Å². The number of allylic oxidation sites excluding steroid dienone is 1. The van der Waals surface area contributed by atoms with Gasteiger partial charge >= 0.3 is 5.97 Å². The average molecular weight is 908 g/mol. The Morgan fingerprint density at radius 1 is 1.12 bits per heavy atom. The molecule has 0 saturated carbocycles. The molecule has 0 amide bonds. The third-order valence-electron chi connectivity index (χ3n) is 7.38. The number of benzene rings is 3. The monoisotopic (exact) mass is 907 g/mol. The summed E-state index contributed by atoms with van der Waals surface area (Å²) in [6.45, 7) is 3.90. The first-order valence-corrected chi connectivity index (χ1v) is 17.8. The highest BCUT2D eigenvalue weighted by Crippen LogP contribution is 2.37. The van der Waals surface area contributed by atoms with E-state index in [2.05, 4.69) is 50.2 Å². The van der Waals surface area contributed by atoms with Crippen LogP contribution in [0.25, 0.3) is 17.4 Å². The lowest BCUT2D eigenvalue weighted by atomic mass is 10.0. The Labute approximate surface area is 309 Å². The van der Waals surface area contributed by atoms with E-state index in [0.29, 0.717) is 27.2 Å². The molecule has 0 saturated heterocycles. The van der Waals surface area contributed by atoms with E-state index in [1.165, 1.54) is 34.1 Å². The number of hydrogen-bond acceptors (Lipinski definition) is 9. The number of nitro groups is 1. The van der Waals surface area contributed by atoms with Crippen LogP contribution in [0.3, 0.4) is 0 Å². The van der Waals surface area contributed by atoms with Gasteiger partial charge in [0, 0.05) is 17.7 Å². The fourth-order valence-electron chi connectivity index (χ4n) is 5.20. The van der Waals surface area contributed by atoms with Crippen molar-refractivity contribution in [1.29, 1.82) is 0 Å². The van der Waals surface area contributed by atoms with Gasteiger partial charge in [-0.3, -0.25) is 19.5 Å². The highest BCUT2D eigenvalue weighted by molar-refractivity contribution is 14.1. The number of hydrogen-bond donors (Lipinski definition) is 0. The molecule has 0 N–H and O–H groups in total. The summed E-state index contributed by atoms with van der Waals surface area (Å²) in [5, 5.41) is 11.7. The topological polar surface area (TPSA) is 126 Å². The molecule has 5 aromatic rings. The fraction of sp³-hybridized carbons (Fsp3) is 0.147. The third kappa shape index (κ3) is 6.86. The standard InChI is InChI=1S/C34H24ClI2N3O7S/c1-3-45-33(42)29-18(2)38-34-39(30(29)27-12-11-26(47-27)22-16-21(40(43)44)9-10-23(22)35)32(41)28(48-34)15-20-13-24(36)31(25(37)14-20)46-17-19-7-5-4-6-8-19/h4-16,30H,3,17H2,1-2H3/b28-15-/t30-/m1/s1. The number of carbonyl (C=O) groups is 1. The van der Waals surface area contributed by atoms with Crippen molar-refractivity contribution >= 4 is 85.9 Å². The summed E-state index contributed by atoms with van der Waals surface area (Å²) < 4.78 is 21.3. The van der Waals surface area contributed by atoms with Gasteiger partial charge in [-0.05, 0) is 107 Å². The molecule has 0 bridgehead atoms. The summed E-state index contributed by atoms with van der Waals surface area (Å²) in [6.07, 6.45) is 1.78. The number of esters is 1. The summed E-state index contributed by atoms with van der Waals surface area (Å²) >= 11 is 12.0. The number of halogens is 3. The first-order valence-electron chi connectivity index (χ1n) is 14.4. The molecule has 2 aromatic heterocycles. The molecule has 3 heterocycles. The van der Waals surface area contributed by atoms with Crippen LogP contribution >= 0.6 is 68.1 Å². The van der Waals surface area contributed by atoms with Gasteiger partial charge in [0.15, 0.2) is 4.80 Å². The van der Waals surface area contributed by atoms with Crippen molar-refractivity contribution in [2.75, 3.05) is 6.61 Å². The molecule has 6 rings (SSSR count). The second-order valence-corrected chi connectivity index (χ2v) is 14.3. The highest BCUT2D eigenvalue weighted by Gasteiger charge is 2.35. The highest BCUT2D eigenvalue weighted by atomic mass is 127. The largest absolute Gasteiger partial charge is 0.487 e. The van der Waals surface area contributed by atoms with Crippen molar-refractivity contribution in [3.63, 3.8) is 0 Å². The van der Waals surface area contributed by atoms with Crippen LogP contribution in [0.5, 0.6) is 5.75 Å². The number of furan rings is 1. The maximum absolute atomic E-state index is 14.1. The molecule has 3 aromatic carbocycles. The zero-order valence-corrected chi connectivity index (χ0v) is 31.1. The van der Waals surface area contributed by atoms with Crippen LogP contribution in [0.2, 0.25) is 5.02 Å². The van der Waals surface area contributed by atoms with Crippen LogP contribution in [-0.4, -0.2) is 22.1 Å². The molecule has 0 aliphatic carbocycles. The van der Waals surface area contributed by atoms with Crippen molar-refractivity contribution < 1.29 is 23.6 Å². The van der Waals surface area contributed by atoms with E-state index in [-0.39, 0.29) is 40.0 Å². The zero-order chi connectivity index (χ0) is 34.1. The van der Waals surface area contributed by atoms with Crippen molar-refractivity contribution in [2.24, 2.45) is 4.99 Å². The van der Waals surface area contributed by atoms with Crippen molar-refractivity contribution in [1.82, 2.24) is 4.57 Å². The molecule has 10 nitrogen and oxygen atoms in total. The molecule has 244 valence electrons. The number of nitro benzene ring substituents is 1. The van der Waals surface area contributed by atoms with Gasteiger partial charge in [0.05, 0.1) is 39.5 Å². The molecular weight excluding hydrogens is 884 g/mol. The SMILES string of the molecule is CCOC(=O)C1=C(C)N=c2s/c(=C\c3cc(I)c(OCc4ccccc4)c(I)c3)c(=O)n2[C@@H]1c1ccc(-c2cc([N+](=O)[O-])ccc2Cl)o1. The minimum absolute atomic E-state index is 0.113. The molecule has 14 heteroatoms. The Morgan fingerprint density at radius 2 is 1.85 bits per heavy atom. The molecule has 0 unspecified atom stereocenters. The molecule has 1 atom stereocenters. The minimum Gasteiger partial charge on any atom is -0.487 e. The lowest BCUT2D eigenvalue weighted by Crippen LogP contribution is -2.39. The minimum atomic E-state index is -1.01. The molecule has 0 fully saturated rings. The fourth-order valence-corrected chi connectivity index (χ4v) is 8.59. The van der Waals surface area contributed by atoms with E-state index in [4.69, 9.17) is 25.5 Å². The number of carbonyl (C=O) groups excluding carboxylic acids is 1. The summed E-state index contributed by atoms with van der Waals surface area (Å²) in [5.74, 6) is 0.587. The number of non-ortho nitro benzene ring substituents is 1. The Hall–Kier alpha value is -3.80. The van der Waals surface area contributed by atoms with Gasteiger partial charge in [-0.15, -0.1) is 0 Å². The van der Waals surface area contributed by atoms with Gasteiger partial charge in [0.25, 0.3) is 11.2 Å². The molecular formula is C34H24ClI2N3O7S. The normalized spacial score (nSPS) is 14.4. The third-order valence-corrected chi connectivity index (χ3v) is 10.3. The number of nitrogens with zero attached hydrogens (tertiary/aromatic N) is 3. The summed E-state index contributed by atoms with van der Waals surface area (Å²) in [6, 6.07) is 20.0. The number of rotatable bonds is 9. The second-order valence-electron chi connectivity index (χ2n) is 10.5. The molecule has 1 aliphatic rings. The van der Waals surface area contributed by atoms with E-state index in [0.717, 1.165) is 24.0 Å². The van der Waals surface area contributed by atoms with Crippen LogP contribution in [0.4, 0.5) is 5.69 Å². The van der Waals surface area contributed by atoms with E-state index in [1.54, 1.807) is 32.1 Å². The van der Waals surface area contributed by atoms with E-state index >= 15 is 0 Å². The van der Waals surface area contributed by atoms with Crippen molar-refractivity contribution in [3.8, 4) is 17.1 Å². The van der Waals surface area contributed by atoms with Gasteiger partial charge in [-0.1, -0.05) is 53.3 Å². The second kappa shape index (κ2) is 14.4. The number of thiazole rings is 1. The lowest BCUT2D eigenvalue weighted by molar-refractivity contribution is -0.384. The maximum Gasteiger partial charge on any atom is 0.338 e. The Bertz CT molecular complexity index is 2270. The lowest BCUT2D eigenvalue weighted by Gasteiger charge is -2.22. The van der Waals surface area contributed by atoms with Crippen LogP contribution in [-0.2, 0) is 16.1 Å². The van der Waals surface area contributed by atoms with Crippen molar-refractivity contribution in [2.45, 2.75) is 26.5 Å². The van der Waals surface area contributed by atoms with Gasteiger partial charge in [0.1, 0.15) is 29.9 Å². The van der Waals surface area contributed by atoms with Gasteiger partial charge < -0.3 is 13.9 Å². The summed E-state index contributed by atoms with van der Waals surface area (Å²) in [7, 11) is 0. The summed E-state index contributed by atoms with van der Waals surface area (Å²) in [4.78, 5) is 43.3. The molecule has 0 spiro atoms. The smallest absolute Gasteiger partial charge is 0.338 e. The quantitative estimate of drug-likeness (QED) is 0.0653. The van der Waals surface area contributed by atoms with Crippen LogP contribution in [0.1, 0.15) is 36.8 Å². The number of aromatic nitrogens is 1. The van der Waals surface area contributed by atoms with Gasteiger partial charge in [0.2, 0.25) is 0 Å². The summed E-state index contributed by atoms with van der Waals surface area (Å²) in [5.41, 5.74) is 2.12. The average Bonchev–Trinajstić information content (AvgIpc) is 3.65. The Morgan fingerprint density at radius 3 is 2.54 bits per heavy atom. The van der Waals surface area contributed by atoms with Crippen molar-refractivity contribution in [3.05, 3.63) is 143 Å². The Balaban J connectivity index is 1.42. The zero-order valence-electron chi connectivity index (χ0n) is 25.2. The first kappa shape index (κ1) is 34.1. The number of ether oxygens (including phenoxy) is 2. The molecule has 48 heavy (non-hydrogen) atoms. The van der Waals surface area contributed by atoms with Gasteiger partial charge in [-0.2, -0.15) is 0 Å². The predicted molar refractivity (Wildman–Crippen MR) is 199 cm³/mol. The molecule has 1 aliphatic heterocycles. The maximum atomic E-state index is 14.1. The van der Waals surface area contributed by atoms with E-state index in [9.17, 15) is 19.7 Å². The number of fused-ring (bicyclic) bond motifs is 1. The van der Waals surface area contributed by atoms with E-state index < -0.39 is 16.9 Å². The Kier molecular flexibility index (Phi) is 10.2. The first-order chi connectivity index (χ1) is 23.0. The van der Waals surface area contributed by atoms with Crippen LogP contribution in [0, 0.1) is 17.3 Å².